The van der Waals surface area contributed by atoms with Gasteiger partial charge in [-0.25, -0.2) is 12.7 Å². The number of fused-ring (bicyclic) bond motifs is 1. The normalized spacial score (nSPS) is 27.3. The summed E-state index contributed by atoms with van der Waals surface area (Å²) in [6.07, 6.45) is 10.6. The molecule has 0 aromatic rings. The van der Waals surface area contributed by atoms with Gasteiger partial charge in [0.1, 0.15) is 0 Å². The predicted octanol–water partition coefficient (Wildman–Crippen LogP) is 2.64. The van der Waals surface area contributed by atoms with Gasteiger partial charge in [-0.1, -0.05) is 26.2 Å². The molecule has 7 nitrogen and oxygen atoms in total. The van der Waals surface area contributed by atoms with Gasteiger partial charge in [0.2, 0.25) is 21.8 Å². The molecule has 0 aromatic carbocycles. The van der Waals surface area contributed by atoms with Crippen LogP contribution in [0.3, 0.4) is 0 Å². The number of sulfonamides is 1. The van der Waals surface area contributed by atoms with E-state index in [0.29, 0.717) is 25.8 Å². The molecule has 2 amide bonds. The van der Waals surface area contributed by atoms with E-state index in [-0.39, 0.29) is 42.2 Å². The fourth-order valence-corrected chi connectivity index (χ4v) is 6.62. The number of carbonyl (C=O) groups excluding carboxylic acids is 2. The number of halogens is 1. The molecule has 0 saturated carbocycles. The highest BCUT2D eigenvalue weighted by Gasteiger charge is 2.56. The molecule has 0 unspecified atom stereocenters. The van der Waals surface area contributed by atoms with Gasteiger partial charge in [-0.3, -0.25) is 9.59 Å². The Bertz CT molecular complexity index is 696. The van der Waals surface area contributed by atoms with Crippen LogP contribution < -0.4 is 0 Å². The second-order valence-corrected chi connectivity index (χ2v) is 10.8. The maximum Gasteiger partial charge on any atom is 0.241 e. The summed E-state index contributed by atoms with van der Waals surface area (Å²) < 4.78 is 25.4. The molecule has 0 bridgehead atoms. The summed E-state index contributed by atoms with van der Waals surface area (Å²) in [6, 6.07) is -0.657. The zero-order valence-corrected chi connectivity index (χ0v) is 20.1. The van der Waals surface area contributed by atoms with Gasteiger partial charge < -0.3 is 9.80 Å². The van der Waals surface area contributed by atoms with E-state index in [1.54, 1.807) is 0 Å². The van der Waals surface area contributed by atoms with E-state index >= 15 is 0 Å². The summed E-state index contributed by atoms with van der Waals surface area (Å²) in [6.45, 7) is 6.09. The number of hydrogen-bond acceptors (Lipinski definition) is 5. The van der Waals surface area contributed by atoms with Gasteiger partial charge in [-0.05, 0) is 58.2 Å². The Morgan fingerprint density at radius 3 is 2.40 bits per heavy atom. The number of carbonyl (C=O) groups is 2. The molecule has 3 rings (SSSR count). The van der Waals surface area contributed by atoms with Crippen molar-refractivity contribution in [2.45, 2.75) is 83.2 Å². The highest BCUT2D eigenvalue weighted by Crippen LogP contribution is 2.40. The summed E-state index contributed by atoms with van der Waals surface area (Å²) in [5, 5.41) is 0. The van der Waals surface area contributed by atoms with E-state index in [1.165, 1.54) is 32.4 Å². The van der Waals surface area contributed by atoms with Crippen LogP contribution in [-0.4, -0.2) is 78.9 Å². The first-order valence-corrected chi connectivity index (χ1v) is 13.2. The molecule has 3 heterocycles. The van der Waals surface area contributed by atoms with Crippen molar-refractivity contribution in [2.75, 3.05) is 32.4 Å². The third-order valence-electron chi connectivity index (χ3n) is 6.76. The summed E-state index contributed by atoms with van der Waals surface area (Å²) in [5.74, 6) is -0.617. The molecule has 0 N–H and O–H groups in total. The standard InChI is InChI=1S/C21H37N3O4S.ClH/c1-3-10-17-20-18(24(21(17)26)29(2,27)28)12-16-23(20)19(25)11-6-4-7-13-22-14-8-5-9-15-22;/h17-18,20H,3-16H2,1-2H3;1H/t17-,18+,20-;/m1./s1. The van der Waals surface area contributed by atoms with Crippen molar-refractivity contribution in [3.8, 4) is 0 Å². The number of amides is 2. The molecule has 9 heteroatoms. The summed E-state index contributed by atoms with van der Waals surface area (Å²) in [4.78, 5) is 30.0. The highest BCUT2D eigenvalue weighted by molar-refractivity contribution is 7.88. The maximum atomic E-state index is 12.9. The molecule has 3 atom stereocenters. The van der Waals surface area contributed by atoms with Gasteiger partial charge in [0.25, 0.3) is 0 Å². The Morgan fingerprint density at radius 1 is 1.07 bits per heavy atom. The number of likely N-dealkylation sites (tertiary alicyclic amines) is 2. The van der Waals surface area contributed by atoms with E-state index in [9.17, 15) is 18.0 Å². The van der Waals surface area contributed by atoms with Gasteiger partial charge in [-0.2, -0.15) is 0 Å². The summed E-state index contributed by atoms with van der Waals surface area (Å²) in [5.41, 5.74) is 0. The van der Waals surface area contributed by atoms with Crippen molar-refractivity contribution in [1.29, 1.82) is 0 Å². The predicted molar refractivity (Wildman–Crippen MR) is 120 cm³/mol. The minimum atomic E-state index is -3.60. The SMILES string of the molecule is CCC[C@H]1C(=O)N(S(C)(=O)=O)[C@H]2CCN(C(=O)CCCCCN3CCCCC3)[C@H]12.Cl. The number of rotatable bonds is 9. The van der Waals surface area contributed by atoms with E-state index in [1.807, 2.05) is 11.8 Å². The molecular weight excluding hydrogens is 426 g/mol. The monoisotopic (exact) mass is 463 g/mol. The van der Waals surface area contributed by atoms with Crippen LogP contribution in [0.5, 0.6) is 0 Å². The van der Waals surface area contributed by atoms with E-state index in [2.05, 4.69) is 4.90 Å². The van der Waals surface area contributed by atoms with Crippen LogP contribution in [0.4, 0.5) is 0 Å². The minimum Gasteiger partial charge on any atom is -0.337 e. The van der Waals surface area contributed by atoms with Crippen LogP contribution in [0.2, 0.25) is 0 Å². The van der Waals surface area contributed by atoms with Gasteiger partial charge in [-0.15, -0.1) is 12.4 Å². The van der Waals surface area contributed by atoms with Gasteiger partial charge in [0.05, 0.1) is 24.3 Å². The number of piperidine rings is 1. The van der Waals surface area contributed by atoms with Crippen molar-refractivity contribution < 1.29 is 18.0 Å². The lowest BCUT2D eigenvalue weighted by Gasteiger charge is -2.28. The molecular formula is C21H38ClN3O4S. The van der Waals surface area contributed by atoms with Crippen LogP contribution in [-0.2, 0) is 19.6 Å². The number of hydrogen-bond donors (Lipinski definition) is 0. The Labute approximate surface area is 188 Å². The van der Waals surface area contributed by atoms with E-state index in [0.717, 1.165) is 42.8 Å². The molecule has 0 aliphatic carbocycles. The van der Waals surface area contributed by atoms with Crippen molar-refractivity contribution >= 4 is 34.2 Å². The van der Waals surface area contributed by atoms with Crippen molar-refractivity contribution in [3.63, 3.8) is 0 Å². The third kappa shape index (κ3) is 5.68. The maximum absolute atomic E-state index is 12.9. The molecule has 3 aliphatic rings. The zero-order chi connectivity index (χ0) is 21.0. The smallest absolute Gasteiger partial charge is 0.241 e. The quantitative estimate of drug-likeness (QED) is 0.491. The zero-order valence-electron chi connectivity index (χ0n) is 18.4. The molecule has 0 aromatic heterocycles. The fourth-order valence-electron chi connectivity index (χ4n) is 5.43. The molecule has 3 fully saturated rings. The first kappa shape index (κ1) is 25.4. The molecule has 0 spiro atoms. The Hall–Kier alpha value is -0.860. The molecule has 3 aliphatic heterocycles. The van der Waals surface area contributed by atoms with Crippen LogP contribution >= 0.6 is 12.4 Å². The lowest BCUT2D eigenvalue weighted by Crippen LogP contribution is -2.43. The van der Waals surface area contributed by atoms with Crippen LogP contribution in [0.25, 0.3) is 0 Å². The Morgan fingerprint density at radius 2 is 1.77 bits per heavy atom. The van der Waals surface area contributed by atoms with Gasteiger partial charge >= 0.3 is 0 Å². The van der Waals surface area contributed by atoms with Crippen LogP contribution in [0.15, 0.2) is 0 Å². The van der Waals surface area contributed by atoms with Gasteiger partial charge in [0.15, 0.2) is 0 Å². The second kappa shape index (κ2) is 11.1. The average Bonchev–Trinajstić information content (AvgIpc) is 3.20. The fraction of sp³-hybridized carbons (Fsp3) is 0.905. The first-order valence-electron chi connectivity index (χ1n) is 11.4. The van der Waals surface area contributed by atoms with Crippen molar-refractivity contribution in [2.24, 2.45) is 5.92 Å². The molecule has 3 saturated heterocycles. The summed E-state index contributed by atoms with van der Waals surface area (Å²) in [7, 11) is -3.60. The topological polar surface area (TPSA) is 78.0 Å². The highest BCUT2D eigenvalue weighted by atomic mass is 35.5. The minimum absolute atomic E-state index is 0. The first-order chi connectivity index (χ1) is 13.8. The summed E-state index contributed by atoms with van der Waals surface area (Å²) >= 11 is 0. The molecule has 30 heavy (non-hydrogen) atoms. The third-order valence-corrected chi connectivity index (χ3v) is 7.92. The van der Waals surface area contributed by atoms with E-state index < -0.39 is 10.0 Å². The van der Waals surface area contributed by atoms with Crippen LogP contribution in [0.1, 0.15) is 71.1 Å². The van der Waals surface area contributed by atoms with Gasteiger partial charge in [0, 0.05) is 13.0 Å². The molecule has 0 radical (unpaired) electrons. The Kier molecular flexibility index (Phi) is 9.43. The average molecular weight is 464 g/mol. The number of nitrogens with zero attached hydrogens (tertiary/aromatic N) is 3. The molecule has 174 valence electrons. The Balaban J connectivity index is 0.00000320. The second-order valence-electron chi connectivity index (χ2n) is 8.94. The lowest BCUT2D eigenvalue weighted by atomic mass is 9.94. The largest absolute Gasteiger partial charge is 0.337 e. The lowest BCUT2D eigenvalue weighted by molar-refractivity contribution is -0.134. The number of unbranched alkanes of at least 4 members (excludes halogenated alkanes) is 2. The van der Waals surface area contributed by atoms with Crippen LogP contribution in [0, 0.1) is 5.92 Å². The van der Waals surface area contributed by atoms with Crippen molar-refractivity contribution in [3.05, 3.63) is 0 Å². The van der Waals surface area contributed by atoms with Crippen molar-refractivity contribution in [1.82, 2.24) is 14.1 Å². The van der Waals surface area contributed by atoms with E-state index in [4.69, 9.17) is 0 Å².